The Hall–Kier alpha value is -1.28. The van der Waals surface area contributed by atoms with Crippen molar-refractivity contribution in [3.05, 3.63) is 36.0 Å². The third kappa shape index (κ3) is 1.63. The summed E-state index contributed by atoms with van der Waals surface area (Å²) in [6.07, 6.45) is 2.55. The van der Waals surface area contributed by atoms with Gasteiger partial charge in [0.15, 0.2) is 0 Å². The van der Waals surface area contributed by atoms with E-state index in [1.165, 1.54) is 0 Å². The minimum absolute atomic E-state index is 0.0169. The molecule has 1 fully saturated rings. The Morgan fingerprint density at radius 1 is 1.50 bits per heavy atom. The fraction of sp³-hybridized carbons (Fsp3) is 0.429. The highest BCUT2D eigenvalue weighted by molar-refractivity contribution is 5.83. The molecule has 0 spiro atoms. The first-order valence-corrected chi connectivity index (χ1v) is 5.87. The van der Waals surface area contributed by atoms with Gasteiger partial charge in [0.25, 0.3) is 0 Å². The molecule has 2 aromatic rings. The molecule has 2 nitrogen and oxygen atoms in total. The van der Waals surface area contributed by atoms with Crippen molar-refractivity contribution in [1.29, 1.82) is 0 Å². The molecule has 0 unspecified atom stereocenters. The highest BCUT2D eigenvalue weighted by Gasteiger charge is 2.21. The normalized spacial score (nSPS) is 24.7. The maximum atomic E-state index is 8.50. The SMILES string of the molecule is [2H]C([2H])(c1c[nH]c2ccccc12)[C@H]1CCCN1C. The number of aromatic amines is 1. The van der Waals surface area contributed by atoms with Gasteiger partial charge in [-0.2, -0.15) is 0 Å². The number of hydrogen-bond donors (Lipinski definition) is 1. The van der Waals surface area contributed by atoms with Gasteiger partial charge >= 0.3 is 0 Å². The number of H-pyrrole nitrogens is 1. The molecule has 0 radical (unpaired) electrons. The second-order valence-corrected chi connectivity index (χ2v) is 4.53. The van der Waals surface area contributed by atoms with E-state index in [1.54, 1.807) is 0 Å². The van der Waals surface area contributed by atoms with Crippen LogP contribution < -0.4 is 0 Å². The van der Waals surface area contributed by atoms with Gasteiger partial charge in [-0.3, -0.25) is 0 Å². The van der Waals surface area contributed by atoms with Crippen molar-refractivity contribution in [2.75, 3.05) is 13.6 Å². The van der Waals surface area contributed by atoms with Crippen LogP contribution in [-0.4, -0.2) is 29.5 Å². The van der Waals surface area contributed by atoms with Crippen LogP contribution in [0.2, 0.25) is 0 Å². The predicted octanol–water partition coefficient (Wildman–Crippen LogP) is 2.80. The predicted molar refractivity (Wildman–Crippen MR) is 67.7 cm³/mol. The molecule has 0 saturated carbocycles. The van der Waals surface area contributed by atoms with E-state index in [0.717, 1.165) is 35.9 Å². The van der Waals surface area contributed by atoms with Gasteiger partial charge in [-0.25, -0.2) is 0 Å². The topological polar surface area (TPSA) is 19.0 Å². The van der Waals surface area contributed by atoms with Crippen LogP contribution in [0.4, 0.5) is 0 Å². The van der Waals surface area contributed by atoms with Crippen LogP contribution >= 0.6 is 0 Å². The molecule has 3 rings (SSSR count). The molecule has 1 aliphatic rings. The number of hydrogen-bond acceptors (Lipinski definition) is 1. The molecule has 2 heteroatoms. The first kappa shape index (κ1) is 7.91. The summed E-state index contributed by atoms with van der Waals surface area (Å²) in [6, 6.07) is 7.91. The van der Waals surface area contributed by atoms with Crippen LogP contribution in [0.5, 0.6) is 0 Å². The van der Waals surface area contributed by atoms with E-state index in [-0.39, 0.29) is 6.04 Å². The lowest BCUT2D eigenvalue weighted by Crippen LogP contribution is -2.26. The average Bonchev–Trinajstić information content (AvgIpc) is 2.95. The summed E-state index contributed by atoms with van der Waals surface area (Å²) in [7, 11) is 2.02. The highest BCUT2D eigenvalue weighted by atomic mass is 15.1. The molecule has 1 saturated heterocycles. The summed E-state index contributed by atoms with van der Waals surface area (Å²) < 4.78 is 17.0. The summed E-state index contributed by atoms with van der Waals surface area (Å²) in [5.74, 6) is 0. The fourth-order valence-corrected chi connectivity index (χ4v) is 2.46. The van der Waals surface area contributed by atoms with Gasteiger partial charge in [-0.15, -0.1) is 0 Å². The minimum Gasteiger partial charge on any atom is -0.361 e. The monoisotopic (exact) mass is 216 g/mol. The Balaban J connectivity index is 2.07. The van der Waals surface area contributed by atoms with Crippen LogP contribution in [0.3, 0.4) is 0 Å². The molecule has 0 amide bonds. The number of likely N-dealkylation sites (tertiary alicyclic amines) is 1. The van der Waals surface area contributed by atoms with Gasteiger partial charge in [0.2, 0.25) is 0 Å². The van der Waals surface area contributed by atoms with E-state index < -0.39 is 6.37 Å². The lowest BCUT2D eigenvalue weighted by molar-refractivity contribution is 0.310. The van der Waals surface area contributed by atoms with Gasteiger partial charge in [-0.1, -0.05) is 18.2 Å². The molecule has 2 heterocycles. The third-order valence-electron chi connectivity index (χ3n) is 3.43. The quantitative estimate of drug-likeness (QED) is 0.818. The number of nitrogens with zero attached hydrogens (tertiary/aromatic N) is 1. The Kier molecular flexibility index (Phi) is 1.95. The zero-order chi connectivity index (χ0) is 12.8. The molecule has 0 aliphatic carbocycles. The third-order valence-corrected chi connectivity index (χ3v) is 3.43. The van der Waals surface area contributed by atoms with Crippen molar-refractivity contribution in [3.63, 3.8) is 0 Å². The molecule has 1 aromatic carbocycles. The van der Waals surface area contributed by atoms with Crippen LogP contribution in [0, 0.1) is 0 Å². The molecule has 84 valence electrons. The van der Waals surface area contributed by atoms with Gasteiger partial charge < -0.3 is 9.88 Å². The second-order valence-electron chi connectivity index (χ2n) is 4.53. The van der Waals surface area contributed by atoms with Crippen LogP contribution in [0.1, 0.15) is 21.1 Å². The molecule has 1 aliphatic heterocycles. The van der Waals surface area contributed by atoms with Crippen LogP contribution in [0.15, 0.2) is 30.5 Å². The number of para-hydroxylation sites is 1. The van der Waals surface area contributed by atoms with Crippen molar-refractivity contribution >= 4 is 10.9 Å². The zero-order valence-corrected chi connectivity index (χ0v) is 9.53. The first-order valence-electron chi connectivity index (χ1n) is 6.87. The largest absolute Gasteiger partial charge is 0.361 e. The van der Waals surface area contributed by atoms with Crippen LogP contribution in [-0.2, 0) is 6.37 Å². The van der Waals surface area contributed by atoms with Gasteiger partial charge in [-0.05, 0) is 44.4 Å². The van der Waals surface area contributed by atoms with E-state index >= 15 is 0 Å². The Morgan fingerprint density at radius 3 is 3.19 bits per heavy atom. The van der Waals surface area contributed by atoms with Crippen molar-refractivity contribution in [2.45, 2.75) is 25.3 Å². The molecular weight excluding hydrogens is 196 g/mol. The summed E-state index contributed by atoms with van der Waals surface area (Å²) >= 11 is 0. The smallest absolute Gasteiger partial charge is 0.0456 e. The van der Waals surface area contributed by atoms with E-state index in [4.69, 9.17) is 2.74 Å². The number of aromatic nitrogens is 1. The molecule has 1 N–H and O–H groups in total. The zero-order valence-electron chi connectivity index (χ0n) is 11.5. The number of nitrogens with one attached hydrogen (secondary N) is 1. The number of rotatable bonds is 2. The molecular formula is C14H18N2. The van der Waals surface area contributed by atoms with Crippen molar-refractivity contribution in [3.8, 4) is 0 Å². The van der Waals surface area contributed by atoms with Gasteiger partial charge in [0.1, 0.15) is 0 Å². The lowest BCUT2D eigenvalue weighted by Gasteiger charge is -2.18. The summed E-state index contributed by atoms with van der Waals surface area (Å²) in [5, 5.41) is 1.00. The van der Waals surface area contributed by atoms with Gasteiger partial charge in [0, 0.05) is 25.9 Å². The van der Waals surface area contributed by atoms with E-state index in [1.807, 2.05) is 37.5 Å². The molecule has 1 aromatic heterocycles. The standard InChI is InChI=1S/C14H18N2/c1-16-8-4-5-12(16)9-11-10-15-14-7-3-2-6-13(11)14/h2-3,6-7,10,12,15H,4-5,8-9H2,1H3/t12-/m1/s1/i9D2. The number of likely N-dealkylation sites (N-methyl/N-ethyl adjacent to an activating group) is 1. The summed E-state index contributed by atoms with van der Waals surface area (Å²) in [5.41, 5.74) is 1.80. The highest BCUT2D eigenvalue weighted by Crippen LogP contribution is 2.24. The Bertz CT molecular complexity index is 562. The number of benzene rings is 1. The van der Waals surface area contributed by atoms with Gasteiger partial charge in [0.05, 0.1) is 0 Å². The Morgan fingerprint density at radius 2 is 2.38 bits per heavy atom. The lowest BCUT2D eigenvalue weighted by atomic mass is 10.0. The number of fused-ring (bicyclic) bond motifs is 1. The maximum Gasteiger partial charge on any atom is 0.0456 e. The van der Waals surface area contributed by atoms with Crippen LogP contribution in [0.25, 0.3) is 10.9 Å². The maximum absolute atomic E-state index is 8.50. The van der Waals surface area contributed by atoms with Crippen molar-refractivity contribution in [2.24, 2.45) is 0 Å². The molecule has 0 bridgehead atoms. The minimum atomic E-state index is -1.30. The van der Waals surface area contributed by atoms with Crippen molar-refractivity contribution in [1.82, 2.24) is 9.88 Å². The fourth-order valence-electron chi connectivity index (χ4n) is 2.46. The summed E-state index contributed by atoms with van der Waals surface area (Å²) in [4.78, 5) is 5.31. The second kappa shape index (κ2) is 3.95. The molecule has 1 atom stereocenters. The summed E-state index contributed by atoms with van der Waals surface area (Å²) in [6.45, 7) is 0.993. The Labute approximate surface area is 99.1 Å². The first-order chi connectivity index (χ1) is 8.60. The van der Waals surface area contributed by atoms with E-state index in [2.05, 4.69) is 9.88 Å². The average molecular weight is 216 g/mol. The van der Waals surface area contributed by atoms with E-state index in [0.29, 0.717) is 0 Å². The van der Waals surface area contributed by atoms with E-state index in [9.17, 15) is 0 Å². The van der Waals surface area contributed by atoms with Crippen molar-refractivity contribution < 1.29 is 2.74 Å². The molecule has 16 heavy (non-hydrogen) atoms.